The molecule has 0 radical (unpaired) electrons. The second-order valence-corrected chi connectivity index (χ2v) is 4.54. The van der Waals surface area contributed by atoms with Crippen molar-refractivity contribution in [2.75, 3.05) is 20.3 Å². The molecule has 1 heterocycles. The third-order valence-electron chi connectivity index (χ3n) is 3.29. The van der Waals surface area contributed by atoms with Crippen LogP contribution in [0.5, 0.6) is 5.75 Å². The van der Waals surface area contributed by atoms with E-state index >= 15 is 0 Å². The zero-order chi connectivity index (χ0) is 12.1. The van der Waals surface area contributed by atoms with Gasteiger partial charge >= 0.3 is 0 Å². The summed E-state index contributed by atoms with van der Waals surface area (Å²) < 4.78 is 10.7. The van der Waals surface area contributed by atoms with Crippen molar-refractivity contribution in [1.29, 1.82) is 0 Å². The quantitative estimate of drug-likeness (QED) is 0.850. The number of benzene rings is 1. The standard InChI is InChI=1S/C14H21NO2/c1-11(15-10-14-4-3-9-17-14)12-5-7-13(16-2)8-6-12/h5-8,11,14-15H,3-4,9-10H2,1-2H3/t11-,14-/m0/s1. The zero-order valence-electron chi connectivity index (χ0n) is 10.6. The van der Waals surface area contributed by atoms with Crippen LogP contribution in [0.1, 0.15) is 31.4 Å². The monoisotopic (exact) mass is 235 g/mol. The van der Waals surface area contributed by atoms with E-state index in [1.807, 2.05) is 12.1 Å². The van der Waals surface area contributed by atoms with Gasteiger partial charge in [0, 0.05) is 19.2 Å². The Hall–Kier alpha value is -1.06. The molecule has 0 bridgehead atoms. The molecule has 0 unspecified atom stereocenters. The van der Waals surface area contributed by atoms with Crippen molar-refractivity contribution in [2.45, 2.75) is 31.9 Å². The van der Waals surface area contributed by atoms with Gasteiger partial charge in [-0.2, -0.15) is 0 Å². The highest BCUT2D eigenvalue weighted by atomic mass is 16.5. The van der Waals surface area contributed by atoms with E-state index in [2.05, 4.69) is 24.4 Å². The Morgan fingerprint density at radius 3 is 2.76 bits per heavy atom. The second-order valence-electron chi connectivity index (χ2n) is 4.54. The lowest BCUT2D eigenvalue weighted by atomic mass is 10.1. The van der Waals surface area contributed by atoms with Crippen LogP contribution in [0.3, 0.4) is 0 Å². The average molecular weight is 235 g/mol. The summed E-state index contributed by atoms with van der Waals surface area (Å²) in [6, 6.07) is 8.56. The Morgan fingerprint density at radius 1 is 1.41 bits per heavy atom. The molecule has 3 heteroatoms. The van der Waals surface area contributed by atoms with E-state index in [0.717, 1.165) is 18.9 Å². The van der Waals surface area contributed by atoms with Crippen molar-refractivity contribution in [3.63, 3.8) is 0 Å². The van der Waals surface area contributed by atoms with E-state index in [1.54, 1.807) is 7.11 Å². The van der Waals surface area contributed by atoms with Gasteiger partial charge in [-0.3, -0.25) is 0 Å². The van der Waals surface area contributed by atoms with Crippen molar-refractivity contribution in [3.8, 4) is 5.75 Å². The number of hydrogen-bond acceptors (Lipinski definition) is 3. The van der Waals surface area contributed by atoms with Gasteiger partial charge in [-0.25, -0.2) is 0 Å². The van der Waals surface area contributed by atoms with Crippen molar-refractivity contribution in [1.82, 2.24) is 5.32 Å². The first-order chi connectivity index (χ1) is 8.29. The minimum atomic E-state index is 0.352. The predicted octanol–water partition coefficient (Wildman–Crippen LogP) is 2.52. The van der Waals surface area contributed by atoms with E-state index in [0.29, 0.717) is 12.1 Å². The fourth-order valence-electron chi connectivity index (χ4n) is 2.12. The number of rotatable bonds is 5. The van der Waals surface area contributed by atoms with Gasteiger partial charge in [0.25, 0.3) is 0 Å². The molecular formula is C14H21NO2. The Balaban J connectivity index is 1.83. The lowest BCUT2D eigenvalue weighted by Crippen LogP contribution is -2.28. The van der Waals surface area contributed by atoms with Gasteiger partial charge in [0.15, 0.2) is 0 Å². The summed E-state index contributed by atoms with van der Waals surface area (Å²) in [6.45, 7) is 4.03. The van der Waals surface area contributed by atoms with Crippen molar-refractivity contribution in [2.24, 2.45) is 0 Å². The summed E-state index contributed by atoms with van der Waals surface area (Å²) >= 11 is 0. The molecule has 1 aliphatic heterocycles. The molecule has 1 aromatic rings. The molecular weight excluding hydrogens is 214 g/mol. The Morgan fingerprint density at radius 2 is 2.18 bits per heavy atom. The molecule has 17 heavy (non-hydrogen) atoms. The highest BCUT2D eigenvalue weighted by Gasteiger charge is 2.16. The van der Waals surface area contributed by atoms with Crippen LogP contribution in [0.25, 0.3) is 0 Å². The first-order valence-electron chi connectivity index (χ1n) is 6.28. The van der Waals surface area contributed by atoms with Gasteiger partial charge < -0.3 is 14.8 Å². The smallest absolute Gasteiger partial charge is 0.118 e. The van der Waals surface area contributed by atoms with Gasteiger partial charge in [0.2, 0.25) is 0 Å². The molecule has 1 N–H and O–H groups in total. The SMILES string of the molecule is COc1ccc([C@H](C)NC[C@@H]2CCCO2)cc1. The van der Waals surface area contributed by atoms with Gasteiger partial charge in [-0.05, 0) is 37.5 Å². The van der Waals surface area contributed by atoms with E-state index in [9.17, 15) is 0 Å². The normalized spacial score (nSPS) is 21.4. The summed E-state index contributed by atoms with van der Waals surface area (Å²) in [7, 11) is 1.69. The molecule has 94 valence electrons. The lowest BCUT2D eigenvalue weighted by molar-refractivity contribution is 0.108. The molecule has 1 saturated heterocycles. The molecule has 0 saturated carbocycles. The van der Waals surface area contributed by atoms with Crippen molar-refractivity contribution >= 4 is 0 Å². The fraction of sp³-hybridized carbons (Fsp3) is 0.571. The maximum atomic E-state index is 5.59. The van der Waals surface area contributed by atoms with Gasteiger partial charge in [-0.15, -0.1) is 0 Å². The zero-order valence-corrected chi connectivity index (χ0v) is 10.6. The van der Waals surface area contributed by atoms with E-state index in [4.69, 9.17) is 9.47 Å². The molecule has 2 rings (SSSR count). The summed E-state index contributed by atoms with van der Waals surface area (Å²) in [4.78, 5) is 0. The van der Waals surface area contributed by atoms with Crippen LogP contribution < -0.4 is 10.1 Å². The van der Waals surface area contributed by atoms with Crippen molar-refractivity contribution < 1.29 is 9.47 Å². The summed E-state index contributed by atoms with van der Waals surface area (Å²) in [5, 5.41) is 3.51. The molecule has 0 spiro atoms. The molecule has 3 nitrogen and oxygen atoms in total. The van der Waals surface area contributed by atoms with Crippen LogP contribution in [-0.2, 0) is 4.74 Å². The molecule has 1 fully saturated rings. The van der Waals surface area contributed by atoms with Crippen LogP contribution in [0, 0.1) is 0 Å². The summed E-state index contributed by atoms with van der Waals surface area (Å²) in [6.07, 6.45) is 2.78. The summed E-state index contributed by atoms with van der Waals surface area (Å²) in [5.74, 6) is 0.903. The maximum Gasteiger partial charge on any atom is 0.118 e. The van der Waals surface area contributed by atoms with Gasteiger partial charge in [0.1, 0.15) is 5.75 Å². The van der Waals surface area contributed by atoms with Crippen LogP contribution in [-0.4, -0.2) is 26.4 Å². The molecule has 0 aromatic heterocycles. The average Bonchev–Trinajstić information content (AvgIpc) is 2.89. The predicted molar refractivity (Wildman–Crippen MR) is 68.4 cm³/mol. The van der Waals surface area contributed by atoms with Crippen molar-refractivity contribution in [3.05, 3.63) is 29.8 Å². The molecule has 0 amide bonds. The highest BCUT2D eigenvalue weighted by molar-refractivity contribution is 5.28. The first-order valence-corrected chi connectivity index (χ1v) is 6.28. The number of methoxy groups -OCH3 is 1. The number of hydrogen-bond donors (Lipinski definition) is 1. The third kappa shape index (κ3) is 3.45. The summed E-state index contributed by atoms with van der Waals surface area (Å²) in [5.41, 5.74) is 1.28. The third-order valence-corrected chi connectivity index (χ3v) is 3.29. The minimum absolute atomic E-state index is 0.352. The van der Waals surface area contributed by atoms with Crippen LogP contribution in [0.15, 0.2) is 24.3 Å². The Kier molecular flexibility index (Phi) is 4.40. The molecule has 1 aromatic carbocycles. The van der Waals surface area contributed by atoms with Crippen LogP contribution in [0.4, 0.5) is 0 Å². The first kappa shape index (κ1) is 12.4. The lowest BCUT2D eigenvalue weighted by Gasteiger charge is -2.17. The number of ether oxygens (including phenoxy) is 2. The largest absolute Gasteiger partial charge is 0.497 e. The highest BCUT2D eigenvalue weighted by Crippen LogP contribution is 2.18. The van der Waals surface area contributed by atoms with Crippen LogP contribution in [0.2, 0.25) is 0 Å². The number of nitrogens with one attached hydrogen (secondary N) is 1. The Bertz CT molecular complexity index is 331. The molecule has 0 aliphatic carbocycles. The van der Waals surface area contributed by atoms with Gasteiger partial charge in [-0.1, -0.05) is 12.1 Å². The minimum Gasteiger partial charge on any atom is -0.497 e. The fourth-order valence-corrected chi connectivity index (χ4v) is 2.12. The van der Waals surface area contributed by atoms with E-state index in [1.165, 1.54) is 18.4 Å². The van der Waals surface area contributed by atoms with E-state index < -0.39 is 0 Å². The molecule has 1 aliphatic rings. The van der Waals surface area contributed by atoms with E-state index in [-0.39, 0.29) is 0 Å². The topological polar surface area (TPSA) is 30.5 Å². The van der Waals surface area contributed by atoms with Gasteiger partial charge in [0.05, 0.1) is 13.2 Å². The molecule has 2 atom stereocenters. The Labute approximate surface area is 103 Å². The maximum absolute atomic E-state index is 5.59. The van der Waals surface area contributed by atoms with Crippen LogP contribution >= 0.6 is 0 Å². The second kappa shape index (κ2) is 6.03.